The molecule has 1 aromatic heterocycles. The van der Waals surface area contributed by atoms with E-state index in [1.54, 1.807) is 0 Å². The summed E-state index contributed by atoms with van der Waals surface area (Å²) in [5, 5.41) is 2.64. The van der Waals surface area contributed by atoms with Gasteiger partial charge in [0, 0.05) is 26.1 Å². The zero-order valence-electron chi connectivity index (χ0n) is 21.1. The molecule has 0 saturated heterocycles. The van der Waals surface area contributed by atoms with Gasteiger partial charge in [-0.2, -0.15) is 0 Å². The van der Waals surface area contributed by atoms with Crippen molar-refractivity contribution in [3.63, 3.8) is 0 Å². The Morgan fingerprint density at radius 1 is 0.513 bits per heavy atom. The minimum absolute atomic E-state index is 0.380. The number of para-hydroxylation sites is 2. The van der Waals surface area contributed by atoms with Crippen LogP contribution in [0.2, 0.25) is 0 Å². The highest BCUT2D eigenvalue weighted by Crippen LogP contribution is 2.61. The van der Waals surface area contributed by atoms with Crippen molar-refractivity contribution in [2.45, 2.75) is 15.2 Å². The molecule has 2 aliphatic rings. The number of nitrogens with zero attached hydrogens (tertiary/aromatic N) is 1. The molecule has 0 atom stereocenters. The molecule has 0 unspecified atom stereocenters. The minimum atomic E-state index is -0.380. The van der Waals surface area contributed by atoms with E-state index in [2.05, 4.69) is 144 Å². The van der Waals surface area contributed by atoms with Gasteiger partial charge in [-0.05, 0) is 46.0 Å². The Kier molecular flexibility index (Phi) is 4.26. The quantitative estimate of drug-likeness (QED) is 0.223. The number of aromatic nitrogens is 1. The average Bonchev–Trinajstić information content (AvgIpc) is 3.51. The summed E-state index contributed by atoms with van der Waals surface area (Å²) in [5.74, 6) is 0. The molecule has 39 heavy (non-hydrogen) atoms. The van der Waals surface area contributed by atoms with Crippen molar-refractivity contribution in [3.05, 3.63) is 162 Å². The summed E-state index contributed by atoms with van der Waals surface area (Å²) >= 11 is 1.93. The third-order valence-corrected chi connectivity index (χ3v) is 9.83. The van der Waals surface area contributed by atoms with Crippen LogP contribution in [0.3, 0.4) is 0 Å². The minimum Gasteiger partial charge on any atom is -0.307 e. The van der Waals surface area contributed by atoms with Crippen molar-refractivity contribution < 1.29 is 0 Å². The molecule has 0 amide bonds. The first-order chi connectivity index (χ1) is 19.4. The van der Waals surface area contributed by atoms with E-state index in [4.69, 9.17) is 0 Å². The Balaban J connectivity index is 1.45. The molecule has 0 N–H and O–H groups in total. The lowest BCUT2D eigenvalue weighted by molar-refractivity contribution is 0.767. The highest BCUT2D eigenvalue weighted by atomic mass is 32.2. The monoisotopic (exact) mass is 513 g/mol. The summed E-state index contributed by atoms with van der Waals surface area (Å²) in [5.41, 5.74) is 11.5. The molecule has 0 radical (unpaired) electrons. The van der Waals surface area contributed by atoms with Gasteiger partial charge < -0.3 is 4.57 Å². The molecule has 9 rings (SSSR count). The van der Waals surface area contributed by atoms with Gasteiger partial charge in [-0.25, -0.2) is 0 Å². The lowest BCUT2D eigenvalue weighted by Crippen LogP contribution is -2.28. The molecule has 1 aliphatic heterocycles. The standard InChI is InChI=1S/C37H23NS/c1-3-12-24(13-4-1)37(25-14-5-2-6-15-25)29-19-9-7-17-28(29)34-30(37)22-23-32-36(34)39-33-21-11-18-27-26-16-8-10-20-31(26)38(32)35(27)33/h1-23H. The number of rotatable bonds is 2. The summed E-state index contributed by atoms with van der Waals surface area (Å²) < 4.78 is 2.50. The smallest absolute Gasteiger partial charge is 0.0714 e. The van der Waals surface area contributed by atoms with Crippen LogP contribution in [-0.4, -0.2) is 4.57 Å². The fraction of sp³-hybridized carbons (Fsp3) is 0.0270. The molecule has 1 aliphatic carbocycles. The van der Waals surface area contributed by atoms with E-state index in [1.807, 2.05) is 11.8 Å². The molecule has 182 valence electrons. The molecule has 0 bridgehead atoms. The fourth-order valence-corrected chi connectivity index (χ4v) is 8.45. The maximum absolute atomic E-state index is 2.50. The first-order valence-electron chi connectivity index (χ1n) is 13.5. The van der Waals surface area contributed by atoms with Crippen LogP contribution in [0.1, 0.15) is 22.3 Å². The van der Waals surface area contributed by atoms with Crippen LogP contribution in [-0.2, 0) is 5.41 Å². The van der Waals surface area contributed by atoms with Crippen molar-refractivity contribution in [1.82, 2.24) is 4.57 Å². The van der Waals surface area contributed by atoms with Crippen molar-refractivity contribution in [1.29, 1.82) is 0 Å². The Labute approximate surface area is 231 Å². The van der Waals surface area contributed by atoms with Gasteiger partial charge in [0.05, 0.1) is 22.1 Å². The van der Waals surface area contributed by atoms with Crippen LogP contribution in [0.4, 0.5) is 0 Å². The van der Waals surface area contributed by atoms with Crippen LogP contribution in [0.25, 0.3) is 38.6 Å². The largest absolute Gasteiger partial charge is 0.307 e. The van der Waals surface area contributed by atoms with E-state index < -0.39 is 0 Å². The lowest BCUT2D eigenvalue weighted by atomic mass is 9.68. The predicted octanol–water partition coefficient (Wildman–Crippen LogP) is 9.61. The number of benzene rings is 6. The summed E-state index contributed by atoms with van der Waals surface area (Å²) in [6.45, 7) is 0. The molecule has 2 heteroatoms. The van der Waals surface area contributed by atoms with E-state index in [1.165, 1.54) is 70.7 Å². The summed E-state index contributed by atoms with van der Waals surface area (Å²) in [6.07, 6.45) is 0. The lowest BCUT2D eigenvalue weighted by Gasteiger charge is -2.34. The second-order valence-corrected chi connectivity index (χ2v) is 11.5. The number of fused-ring (bicyclic) bond motifs is 9. The highest BCUT2D eigenvalue weighted by Gasteiger charge is 2.47. The molecule has 1 nitrogen and oxygen atoms in total. The average molecular weight is 514 g/mol. The van der Waals surface area contributed by atoms with Crippen molar-refractivity contribution in [2.24, 2.45) is 0 Å². The Morgan fingerprint density at radius 3 is 1.97 bits per heavy atom. The maximum atomic E-state index is 2.50. The van der Waals surface area contributed by atoms with Crippen molar-refractivity contribution >= 4 is 33.6 Å². The second-order valence-electron chi connectivity index (χ2n) is 10.5. The van der Waals surface area contributed by atoms with Crippen LogP contribution in [0.5, 0.6) is 0 Å². The molecule has 0 spiro atoms. The van der Waals surface area contributed by atoms with Crippen LogP contribution in [0.15, 0.2) is 149 Å². The van der Waals surface area contributed by atoms with Gasteiger partial charge in [0.1, 0.15) is 0 Å². The summed E-state index contributed by atoms with van der Waals surface area (Å²) in [4.78, 5) is 2.66. The summed E-state index contributed by atoms with van der Waals surface area (Å²) in [6, 6.07) is 51.5. The number of hydrogen-bond acceptors (Lipinski definition) is 1. The molecule has 0 fully saturated rings. The van der Waals surface area contributed by atoms with Gasteiger partial charge in [-0.3, -0.25) is 0 Å². The second kappa shape index (κ2) is 7.75. The molecule has 2 heterocycles. The number of hydrogen-bond donors (Lipinski definition) is 0. The van der Waals surface area contributed by atoms with E-state index in [-0.39, 0.29) is 5.41 Å². The van der Waals surface area contributed by atoms with Gasteiger partial charge in [-0.1, -0.05) is 133 Å². The van der Waals surface area contributed by atoms with Gasteiger partial charge in [0.15, 0.2) is 0 Å². The SMILES string of the molecule is c1ccc(C2(c3ccccc3)c3ccccc3-c3c2ccc2c3Sc3cccc4c5ccccc5n-2c34)cc1. The highest BCUT2D eigenvalue weighted by molar-refractivity contribution is 8.00. The van der Waals surface area contributed by atoms with E-state index in [9.17, 15) is 0 Å². The summed E-state index contributed by atoms with van der Waals surface area (Å²) in [7, 11) is 0. The van der Waals surface area contributed by atoms with Crippen molar-refractivity contribution in [3.8, 4) is 16.8 Å². The Hall–Kier alpha value is -4.53. The van der Waals surface area contributed by atoms with Gasteiger partial charge in [0.2, 0.25) is 0 Å². The molecular formula is C37H23NS. The third kappa shape index (κ3) is 2.62. The van der Waals surface area contributed by atoms with Crippen LogP contribution >= 0.6 is 11.8 Å². The predicted molar refractivity (Wildman–Crippen MR) is 162 cm³/mol. The molecule has 7 aromatic rings. The van der Waals surface area contributed by atoms with E-state index in [0.29, 0.717) is 0 Å². The first-order valence-corrected chi connectivity index (χ1v) is 14.3. The normalized spacial score (nSPS) is 14.3. The molecule has 6 aromatic carbocycles. The van der Waals surface area contributed by atoms with Crippen molar-refractivity contribution in [2.75, 3.05) is 0 Å². The van der Waals surface area contributed by atoms with E-state index in [0.717, 1.165) is 0 Å². The zero-order chi connectivity index (χ0) is 25.6. The van der Waals surface area contributed by atoms with Gasteiger partial charge >= 0.3 is 0 Å². The van der Waals surface area contributed by atoms with Gasteiger partial charge in [-0.15, -0.1) is 0 Å². The van der Waals surface area contributed by atoms with Gasteiger partial charge in [0.25, 0.3) is 0 Å². The Bertz CT molecular complexity index is 2050. The maximum Gasteiger partial charge on any atom is 0.0714 e. The third-order valence-electron chi connectivity index (χ3n) is 8.67. The van der Waals surface area contributed by atoms with Crippen LogP contribution < -0.4 is 0 Å². The topological polar surface area (TPSA) is 4.93 Å². The zero-order valence-corrected chi connectivity index (χ0v) is 22.0. The Morgan fingerprint density at radius 2 is 1.18 bits per heavy atom. The molecule has 0 saturated carbocycles. The van der Waals surface area contributed by atoms with E-state index >= 15 is 0 Å². The molecular weight excluding hydrogens is 490 g/mol. The van der Waals surface area contributed by atoms with Crippen LogP contribution in [0, 0.1) is 0 Å². The fourth-order valence-electron chi connectivity index (χ4n) is 7.20. The first kappa shape index (κ1) is 21.4.